The first-order chi connectivity index (χ1) is 5.77. The maximum atomic E-state index is 5.43. The first kappa shape index (κ1) is 9.22. The molecule has 0 aromatic carbocycles. The van der Waals surface area contributed by atoms with E-state index in [0.29, 0.717) is 13.2 Å². The second-order valence-electron chi connectivity index (χ2n) is 2.80. The third-order valence-electron chi connectivity index (χ3n) is 1.73. The number of methoxy groups -OCH3 is 1. The zero-order valence-corrected chi connectivity index (χ0v) is 7.53. The van der Waals surface area contributed by atoms with Crippen LogP contribution in [0.1, 0.15) is 18.7 Å². The molecular formula is C8H15N3O. The number of rotatable bonds is 4. The molecule has 0 spiro atoms. The molecule has 0 aliphatic heterocycles. The molecule has 0 radical (unpaired) electrons. The minimum absolute atomic E-state index is 0.273. The van der Waals surface area contributed by atoms with E-state index < -0.39 is 0 Å². The van der Waals surface area contributed by atoms with Crippen molar-refractivity contribution in [2.45, 2.75) is 19.5 Å². The molecule has 4 nitrogen and oxygen atoms in total. The Bertz CT molecular complexity index is 234. The SMILES string of the molecule is COCC(C)n1ccc(CN)n1. The molecule has 0 amide bonds. The summed E-state index contributed by atoms with van der Waals surface area (Å²) in [6.07, 6.45) is 1.92. The van der Waals surface area contributed by atoms with Gasteiger partial charge in [-0.3, -0.25) is 4.68 Å². The zero-order valence-electron chi connectivity index (χ0n) is 7.53. The number of ether oxygens (including phenoxy) is 1. The molecule has 1 unspecified atom stereocenters. The topological polar surface area (TPSA) is 53.1 Å². The van der Waals surface area contributed by atoms with Crippen LogP contribution in [0.4, 0.5) is 0 Å². The number of hydrogen-bond acceptors (Lipinski definition) is 3. The highest BCUT2D eigenvalue weighted by atomic mass is 16.5. The third-order valence-corrected chi connectivity index (χ3v) is 1.73. The molecule has 4 heteroatoms. The Labute approximate surface area is 72.3 Å². The summed E-state index contributed by atoms with van der Waals surface area (Å²) in [7, 11) is 1.68. The number of hydrogen-bond donors (Lipinski definition) is 1. The van der Waals surface area contributed by atoms with E-state index in [0.717, 1.165) is 5.69 Å². The van der Waals surface area contributed by atoms with Crippen molar-refractivity contribution in [2.24, 2.45) is 5.73 Å². The summed E-state index contributed by atoms with van der Waals surface area (Å²) in [6, 6.07) is 2.20. The van der Waals surface area contributed by atoms with Crippen molar-refractivity contribution in [1.82, 2.24) is 9.78 Å². The number of nitrogens with two attached hydrogens (primary N) is 1. The van der Waals surface area contributed by atoms with Gasteiger partial charge in [0, 0.05) is 19.9 Å². The second kappa shape index (κ2) is 4.23. The van der Waals surface area contributed by atoms with Crippen LogP contribution in [0, 0.1) is 0 Å². The Balaban J connectivity index is 2.61. The predicted octanol–water partition coefficient (Wildman–Crippen LogP) is 0.549. The average Bonchev–Trinajstić information content (AvgIpc) is 2.52. The molecule has 0 saturated heterocycles. The Hall–Kier alpha value is -0.870. The molecule has 0 saturated carbocycles. The van der Waals surface area contributed by atoms with Crippen LogP contribution in [0.25, 0.3) is 0 Å². The fourth-order valence-electron chi connectivity index (χ4n) is 1.05. The number of aromatic nitrogens is 2. The van der Waals surface area contributed by atoms with Gasteiger partial charge in [-0.05, 0) is 13.0 Å². The first-order valence-corrected chi connectivity index (χ1v) is 4.01. The van der Waals surface area contributed by atoms with Crippen LogP contribution < -0.4 is 5.73 Å². The van der Waals surface area contributed by atoms with Crippen molar-refractivity contribution < 1.29 is 4.74 Å². The van der Waals surface area contributed by atoms with Gasteiger partial charge < -0.3 is 10.5 Å². The van der Waals surface area contributed by atoms with Crippen molar-refractivity contribution >= 4 is 0 Å². The highest BCUT2D eigenvalue weighted by Gasteiger charge is 2.04. The Morgan fingerprint density at radius 1 is 1.75 bits per heavy atom. The average molecular weight is 169 g/mol. The zero-order chi connectivity index (χ0) is 8.97. The van der Waals surface area contributed by atoms with Gasteiger partial charge in [-0.1, -0.05) is 0 Å². The van der Waals surface area contributed by atoms with Crippen LogP contribution in [0.2, 0.25) is 0 Å². The van der Waals surface area contributed by atoms with Crippen LogP contribution in [0.15, 0.2) is 12.3 Å². The van der Waals surface area contributed by atoms with Crippen LogP contribution in [-0.4, -0.2) is 23.5 Å². The molecule has 1 aromatic rings. The fraction of sp³-hybridized carbons (Fsp3) is 0.625. The highest BCUT2D eigenvalue weighted by molar-refractivity contribution is 4.98. The molecule has 2 N–H and O–H groups in total. The van der Waals surface area contributed by atoms with Crippen LogP contribution in [0.3, 0.4) is 0 Å². The van der Waals surface area contributed by atoms with Gasteiger partial charge in [0.2, 0.25) is 0 Å². The molecule has 0 aliphatic carbocycles. The van der Waals surface area contributed by atoms with Gasteiger partial charge in [0.05, 0.1) is 18.3 Å². The van der Waals surface area contributed by atoms with Crippen LogP contribution in [0.5, 0.6) is 0 Å². The fourth-order valence-corrected chi connectivity index (χ4v) is 1.05. The summed E-state index contributed by atoms with van der Waals surface area (Å²) in [6.45, 7) is 3.22. The Morgan fingerprint density at radius 3 is 3.00 bits per heavy atom. The van der Waals surface area contributed by atoms with E-state index in [1.54, 1.807) is 7.11 Å². The normalized spacial score (nSPS) is 13.2. The van der Waals surface area contributed by atoms with Crippen LogP contribution >= 0.6 is 0 Å². The van der Waals surface area contributed by atoms with Crippen molar-refractivity contribution in [1.29, 1.82) is 0 Å². The molecule has 1 rings (SSSR count). The van der Waals surface area contributed by atoms with Gasteiger partial charge in [-0.2, -0.15) is 5.10 Å². The maximum Gasteiger partial charge on any atom is 0.0760 e. The lowest BCUT2D eigenvalue weighted by atomic mass is 10.4. The second-order valence-corrected chi connectivity index (χ2v) is 2.80. The van der Waals surface area contributed by atoms with Crippen molar-refractivity contribution in [3.63, 3.8) is 0 Å². The molecule has 0 fully saturated rings. The predicted molar refractivity (Wildman–Crippen MR) is 46.7 cm³/mol. The van der Waals surface area contributed by atoms with Crippen molar-refractivity contribution in [2.75, 3.05) is 13.7 Å². The molecule has 68 valence electrons. The summed E-state index contributed by atoms with van der Waals surface area (Å²) >= 11 is 0. The molecule has 1 heterocycles. The highest BCUT2D eigenvalue weighted by Crippen LogP contribution is 2.04. The van der Waals surface area contributed by atoms with E-state index in [1.807, 2.05) is 16.9 Å². The van der Waals surface area contributed by atoms with E-state index in [-0.39, 0.29) is 6.04 Å². The molecule has 0 bridgehead atoms. The van der Waals surface area contributed by atoms with Crippen molar-refractivity contribution in [3.05, 3.63) is 18.0 Å². The minimum Gasteiger partial charge on any atom is -0.382 e. The van der Waals surface area contributed by atoms with E-state index >= 15 is 0 Å². The van der Waals surface area contributed by atoms with Gasteiger partial charge in [0.25, 0.3) is 0 Å². The largest absolute Gasteiger partial charge is 0.382 e. The summed E-state index contributed by atoms with van der Waals surface area (Å²) in [5.41, 5.74) is 6.34. The maximum absolute atomic E-state index is 5.43. The molecule has 0 aliphatic rings. The number of nitrogens with zero attached hydrogens (tertiary/aromatic N) is 2. The molecule has 1 aromatic heterocycles. The Kier molecular flexibility index (Phi) is 3.25. The first-order valence-electron chi connectivity index (χ1n) is 4.01. The minimum atomic E-state index is 0.273. The molecule has 1 atom stereocenters. The van der Waals surface area contributed by atoms with Crippen molar-refractivity contribution in [3.8, 4) is 0 Å². The van der Waals surface area contributed by atoms with Gasteiger partial charge in [0.15, 0.2) is 0 Å². The summed E-state index contributed by atoms with van der Waals surface area (Å²) in [4.78, 5) is 0. The smallest absolute Gasteiger partial charge is 0.0760 e. The monoisotopic (exact) mass is 169 g/mol. The van der Waals surface area contributed by atoms with Crippen LogP contribution in [-0.2, 0) is 11.3 Å². The van der Waals surface area contributed by atoms with E-state index in [1.165, 1.54) is 0 Å². The molecular weight excluding hydrogens is 154 g/mol. The lowest BCUT2D eigenvalue weighted by molar-refractivity contribution is 0.157. The van der Waals surface area contributed by atoms with E-state index in [4.69, 9.17) is 10.5 Å². The standard InChI is InChI=1S/C8H15N3O/c1-7(6-12-2)11-4-3-8(5-9)10-11/h3-4,7H,5-6,9H2,1-2H3. The quantitative estimate of drug-likeness (QED) is 0.716. The van der Waals surface area contributed by atoms with Gasteiger partial charge >= 0.3 is 0 Å². The third kappa shape index (κ3) is 2.06. The lowest BCUT2D eigenvalue weighted by Gasteiger charge is -2.09. The summed E-state index contributed by atoms with van der Waals surface area (Å²) < 4.78 is 6.88. The summed E-state index contributed by atoms with van der Waals surface area (Å²) in [5, 5.41) is 4.26. The van der Waals surface area contributed by atoms with Gasteiger partial charge in [-0.15, -0.1) is 0 Å². The lowest BCUT2D eigenvalue weighted by Crippen LogP contribution is -2.12. The van der Waals surface area contributed by atoms with E-state index in [2.05, 4.69) is 12.0 Å². The summed E-state index contributed by atoms with van der Waals surface area (Å²) in [5.74, 6) is 0. The van der Waals surface area contributed by atoms with Gasteiger partial charge in [-0.25, -0.2) is 0 Å². The van der Waals surface area contributed by atoms with E-state index in [9.17, 15) is 0 Å². The molecule has 12 heavy (non-hydrogen) atoms. The van der Waals surface area contributed by atoms with Gasteiger partial charge in [0.1, 0.15) is 0 Å². The Morgan fingerprint density at radius 2 is 2.50 bits per heavy atom.